The number of hydrogen-bond donors (Lipinski definition) is 1. The Balaban J connectivity index is 1.75. The lowest BCUT2D eigenvalue weighted by molar-refractivity contribution is 0.628. The molecule has 0 aliphatic carbocycles. The summed E-state index contributed by atoms with van der Waals surface area (Å²) < 4.78 is 14.6. The molecule has 0 amide bonds. The largest absolute Gasteiger partial charge is 0.322 e. The third-order valence-electron chi connectivity index (χ3n) is 3.35. The second-order valence-corrected chi connectivity index (χ2v) is 4.76. The van der Waals surface area contributed by atoms with Crippen LogP contribution in [0.3, 0.4) is 0 Å². The first-order valence-electron chi connectivity index (χ1n) is 6.55. The van der Waals surface area contributed by atoms with Crippen LogP contribution in [0.5, 0.6) is 0 Å². The molecule has 0 radical (unpaired) electrons. The smallest absolute Gasteiger partial charge is 0.229 e. The minimum absolute atomic E-state index is 0.247. The van der Waals surface area contributed by atoms with Gasteiger partial charge in [-0.3, -0.25) is 0 Å². The number of hydrogen-bond acceptors (Lipinski definition) is 2. The number of nitrogens with zero attached hydrogens (tertiary/aromatic N) is 3. The Kier molecular flexibility index (Phi) is 2.57. The Bertz CT molecular complexity index is 872. The number of aromatic amines is 1. The molecule has 4 aromatic rings. The van der Waals surface area contributed by atoms with Crippen molar-refractivity contribution < 1.29 is 4.39 Å². The summed E-state index contributed by atoms with van der Waals surface area (Å²) in [5.74, 6) is 0.410. The van der Waals surface area contributed by atoms with Gasteiger partial charge < -0.3 is 4.98 Å². The molecule has 0 fully saturated rings. The van der Waals surface area contributed by atoms with Gasteiger partial charge in [0.05, 0.1) is 17.2 Å². The topological polar surface area (TPSA) is 46.5 Å². The molecule has 21 heavy (non-hydrogen) atoms. The molecule has 4 rings (SSSR count). The standard InChI is InChI=1S/C16H11FN4/c17-13-7-5-11(6-8-13)12-9-18-21(10-12)16-19-14-3-1-2-4-15(14)20-16/h1-10H,(H,19,20). The molecule has 2 heterocycles. The molecule has 2 aromatic carbocycles. The Morgan fingerprint density at radius 1 is 0.952 bits per heavy atom. The zero-order valence-corrected chi connectivity index (χ0v) is 11.0. The van der Waals surface area contributed by atoms with Gasteiger partial charge in [-0.2, -0.15) is 5.10 Å². The monoisotopic (exact) mass is 278 g/mol. The SMILES string of the molecule is Fc1ccc(-c2cnn(-c3nc4ccccc4[nH]3)c2)cc1. The van der Waals surface area contributed by atoms with Gasteiger partial charge in [0.25, 0.3) is 0 Å². The number of rotatable bonds is 2. The highest BCUT2D eigenvalue weighted by Gasteiger charge is 2.07. The molecule has 1 N–H and O–H groups in total. The van der Waals surface area contributed by atoms with Crippen molar-refractivity contribution in [2.75, 3.05) is 0 Å². The number of aromatic nitrogens is 4. The summed E-state index contributed by atoms with van der Waals surface area (Å²) >= 11 is 0. The molecule has 0 spiro atoms. The average Bonchev–Trinajstić information content (AvgIpc) is 3.14. The van der Waals surface area contributed by atoms with Crippen molar-refractivity contribution in [1.82, 2.24) is 19.7 Å². The van der Waals surface area contributed by atoms with Crippen molar-refractivity contribution in [2.24, 2.45) is 0 Å². The fourth-order valence-electron chi connectivity index (χ4n) is 2.28. The lowest BCUT2D eigenvalue weighted by atomic mass is 10.1. The minimum atomic E-state index is -0.247. The fraction of sp³-hybridized carbons (Fsp3) is 0. The summed E-state index contributed by atoms with van der Waals surface area (Å²) in [6, 6.07) is 14.2. The van der Waals surface area contributed by atoms with E-state index in [0.29, 0.717) is 5.95 Å². The van der Waals surface area contributed by atoms with Gasteiger partial charge in [0, 0.05) is 11.8 Å². The maximum absolute atomic E-state index is 13.0. The van der Waals surface area contributed by atoms with Gasteiger partial charge in [-0.25, -0.2) is 14.1 Å². The first-order chi connectivity index (χ1) is 10.3. The van der Waals surface area contributed by atoms with Gasteiger partial charge in [-0.1, -0.05) is 24.3 Å². The van der Waals surface area contributed by atoms with E-state index in [1.165, 1.54) is 12.1 Å². The molecule has 0 saturated heterocycles. The molecule has 0 bridgehead atoms. The molecule has 0 unspecified atom stereocenters. The van der Waals surface area contributed by atoms with Crippen molar-refractivity contribution >= 4 is 11.0 Å². The highest BCUT2D eigenvalue weighted by atomic mass is 19.1. The number of imidazole rings is 1. The van der Waals surface area contributed by atoms with E-state index in [4.69, 9.17) is 0 Å². The number of nitrogens with one attached hydrogen (secondary N) is 1. The van der Waals surface area contributed by atoms with Crippen molar-refractivity contribution in [3.05, 3.63) is 66.7 Å². The van der Waals surface area contributed by atoms with Gasteiger partial charge in [-0.15, -0.1) is 0 Å². The van der Waals surface area contributed by atoms with Gasteiger partial charge in [0.1, 0.15) is 5.82 Å². The van der Waals surface area contributed by atoms with Crippen molar-refractivity contribution in [3.63, 3.8) is 0 Å². The van der Waals surface area contributed by atoms with E-state index in [0.717, 1.165) is 22.2 Å². The number of fused-ring (bicyclic) bond motifs is 1. The van der Waals surface area contributed by atoms with Crippen LogP contribution < -0.4 is 0 Å². The summed E-state index contributed by atoms with van der Waals surface area (Å²) in [5.41, 5.74) is 3.69. The average molecular weight is 278 g/mol. The van der Waals surface area contributed by atoms with E-state index in [-0.39, 0.29) is 5.82 Å². The molecular weight excluding hydrogens is 267 g/mol. The number of H-pyrrole nitrogens is 1. The van der Waals surface area contributed by atoms with Gasteiger partial charge in [0.15, 0.2) is 0 Å². The van der Waals surface area contributed by atoms with Crippen molar-refractivity contribution in [1.29, 1.82) is 0 Å². The molecule has 0 saturated carbocycles. The predicted molar refractivity (Wildman–Crippen MR) is 78.6 cm³/mol. The van der Waals surface area contributed by atoms with Crippen molar-refractivity contribution in [3.8, 4) is 17.1 Å². The van der Waals surface area contributed by atoms with E-state index < -0.39 is 0 Å². The molecular formula is C16H11FN4. The third-order valence-corrected chi connectivity index (χ3v) is 3.35. The van der Waals surface area contributed by atoms with E-state index in [1.807, 2.05) is 30.5 Å². The molecule has 0 aliphatic rings. The Morgan fingerprint density at radius 2 is 1.76 bits per heavy atom. The molecule has 0 atom stereocenters. The summed E-state index contributed by atoms with van der Waals surface area (Å²) in [4.78, 5) is 7.70. The van der Waals surface area contributed by atoms with Gasteiger partial charge in [0.2, 0.25) is 5.95 Å². The normalized spacial score (nSPS) is 11.1. The minimum Gasteiger partial charge on any atom is -0.322 e. The van der Waals surface area contributed by atoms with E-state index in [9.17, 15) is 4.39 Å². The van der Waals surface area contributed by atoms with Crippen LogP contribution in [0, 0.1) is 5.82 Å². The summed E-state index contributed by atoms with van der Waals surface area (Å²) in [5, 5.41) is 4.31. The van der Waals surface area contributed by atoms with Crippen molar-refractivity contribution in [2.45, 2.75) is 0 Å². The Morgan fingerprint density at radius 3 is 2.57 bits per heavy atom. The van der Waals surface area contributed by atoms with Crippen LogP contribution in [-0.4, -0.2) is 19.7 Å². The van der Waals surface area contributed by atoms with Crippen LogP contribution in [0.4, 0.5) is 4.39 Å². The Hall–Kier alpha value is -2.95. The van der Waals surface area contributed by atoms with Crippen LogP contribution in [0.1, 0.15) is 0 Å². The van der Waals surface area contributed by atoms with Crippen LogP contribution in [0.25, 0.3) is 28.1 Å². The van der Waals surface area contributed by atoms with E-state index >= 15 is 0 Å². The summed E-state index contributed by atoms with van der Waals surface area (Å²) in [6.07, 6.45) is 3.60. The fourth-order valence-corrected chi connectivity index (χ4v) is 2.28. The first-order valence-corrected chi connectivity index (χ1v) is 6.55. The zero-order chi connectivity index (χ0) is 14.2. The lowest BCUT2D eigenvalue weighted by Gasteiger charge is -1.96. The highest BCUT2D eigenvalue weighted by molar-refractivity contribution is 5.76. The Labute approximate surface area is 119 Å². The molecule has 102 valence electrons. The number of halogens is 1. The van der Waals surface area contributed by atoms with Gasteiger partial charge >= 0.3 is 0 Å². The summed E-state index contributed by atoms with van der Waals surface area (Å²) in [6.45, 7) is 0. The number of benzene rings is 2. The van der Waals surface area contributed by atoms with E-state index in [1.54, 1.807) is 23.0 Å². The van der Waals surface area contributed by atoms with Gasteiger partial charge in [-0.05, 0) is 29.8 Å². The molecule has 4 nitrogen and oxygen atoms in total. The zero-order valence-electron chi connectivity index (χ0n) is 11.0. The molecule has 2 aromatic heterocycles. The predicted octanol–water partition coefficient (Wildman–Crippen LogP) is 3.55. The first kappa shape index (κ1) is 11.8. The molecule has 0 aliphatic heterocycles. The maximum Gasteiger partial charge on any atom is 0.229 e. The van der Waals surface area contributed by atoms with Crippen LogP contribution >= 0.6 is 0 Å². The van der Waals surface area contributed by atoms with Crippen LogP contribution in [0.15, 0.2) is 60.9 Å². The maximum atomic E-state index is 13.0. The second kappa shape index (κ2) is 4.56. The highest BCUT2D eigenvalue weighted by Crippen LogP contribution is 2.20. The summed E-state index contributed by atoms with van der Waals surface area (Å²) in [7, 11) is 0. The molecule has 5 heteroatoms. The third kappa shape index (κ3) is 2.08. The second-order valence-electron chi connectivity index (χ2n) is 4.76. The van der Waals surface area contributed by atoms with E-state index in [2.05, 4.69) is 15.1 Å². The number of para-hydroxylation sites is 2. The lowest BCUT2D eigenvalue weighted by Crippen LogP contribution is -1.95. The van der Waals surface area contributed by atoms with Crippen LogP contribution in [-0.2, 0) is 0 Å². The van der Waals surface area contributed by atoms with Crippen LogP contribution in [0.2, 0.25) is 0 Å². The quantitative estimate of drug-likeness (QED) is 0.609.